The molecule has 1 aliphatic heterocycles. The van der Waals surface area contributed by atoms with E-state index >= 15 is 0 Å². The van der Waals surface area contributed by atoms with E-state index in [1.807, 2.05) is 72.8 Å². The highest BCUT2D eigenvalue weighted by atomic mass is 16.6. The van der Waals surface area contributed by atoms with Gasteiger partial charge in [0, 0.05) is 0 Å². The summed E-state index contributed by atoms with van der Waals surface area (Å²) in [4.78, 5) is 0. The number of ether oxygens (including phenoxy) is 5. The molecule has 0 N–H and O–H groups in total. The second-order valence-corrected chi connectivity index (χ2v) is 9.74. The van der Waals surface area contributed by atoms with Crippen LogP contribution in [-0.4, -0.2) is 37.6 Å². The van der Waals surface area contributed by atoms with Crippen LogP contribution >= 0.6 is 0 Å². The summed E-state index contributed by atoms with van der Waals surface area (Å²) in [6, 6.07) is 40.7. The average Bonchev–Trinajstić information content (AvgIpc) is 3.33. The summed E-state index contributed by atoms with van der Waals surface area (Å²) in [6.45, 7) is 2.75. The highest BCUT2D eigenvalue weighted by Gasteiger charge is 2.46. The molecule has 0 radical (unpaired) electrons. The standard InChI is InChI=1S/C34H36O5/c1-5-13-27(14-6-1)21-35-25-31-33(37-23-29-17-9-3-10-18-29)34(38-24-30-19-11-4-12-20-30)32(39-31)26-36-22-28-15-7-2-8-16-28/h1-20,31-34H,21-26H2/t31-,32?,33-,34-/m0/s1. The maximum Gasteiger partial charge on any atom is 0.115 e. The van der Waals surface area contributed by atoms with E-state index in [0.717, 1.165) is 22.3 Å². The summed E-state index contributed by atoms with van der Waals surface area (Å²) in [5, 5.41) is 0. The van der Waals surface area contributed by atoms with Crippen LogP contribution < -0.4 is 0 Å². The Morgan fingerprint density at radius 1 is 0.410 bits per heavy atom. The molecule has 1 heterocycles. The molecule has 202 valence electrons. The smallest absolute Gasteiger partial charge is 0.115 e. The monoisotopic (exact) mass is 524 g/mol. The lowest BCUT2D eigenvalue weighted by molar-refractivity contribution is -0.0914. The van der Waals surface area contributed by atoms with Crippen LogP contribution in [0, 0.1) is 0 Å². The fourth-order valence-electron chi connectivity index (χ4n) is 4.74. The van der Waals surface area contributed by atoms with Crippen molar-refractivity contribution in [2.24, 2.45) is 0 Å². The molecule has 0 aromatic heterocycles. The zero-order chi connectivity index (χ0) is 26.5. The average molecular weight is 525 g/mol. The van der Waals surface area contributed by atoms with Crippen molar-refractivity contribution in [3.63, 3.8) is 0 Å². The van der Waals surface area contributed by atoms with Gasteiger partial charge in [0.05, 0.1) is 39.6 Å². The predicted molar refractivity (Wildman–Crippen MR) is 151 cm³/mol. The van der Waals surface area contributed by atoms with Crippen LogP contribution in [0.3, 0.4) is 0 Å². The van der Waals surface area contributed by atoms with Gasteiger partial charge in [0.1, 0.15) is 24.4 Å². The third kappa shape index (κ3) is 8.33. The van der Waals surface area contributed by atoms with Gasteiger partial charge in [-0.15, -0.1) is 0 Å². The van der Waals surface area contributed by atoms with Crippen molar-refractivity contribution in [3.8, 4) is 0 Å². The number of hydrogen-bond acceptors (Lipinski definition) is 5. The molecule has 4 aromatic rings. The van der Waals surface area contributed by atoms with E-state index in [4.69, 9.17) is 23.7 Å². The minimum atomic E-state index is -0.310. The molecular weight excluding hydrogens is 488 g/mol. The molecule has 1 saturated heterocycles. The van der Waals surface area contributed by atoms with E-state index in [1.165, 1.54) is 0 Å². The number of rotatable bonds is 14. The second-order valence-electron chi connectivity index (χ2n) is 9.74. The van der Waals surface area contributed by atoms with Crippen LogP contribution in [0.4, 0.5) is 0 Å². The Balaban J connectivity index is 1.29. The minimum Gasteiger partial charge on any atom is -0.374 e. The third-order valence-corrected chi connectivity index (χ3v) is 6.76. The summed E-state index contributed by atoms with van der Waals surface area (Å²) < 4.78 is 31.8. The Bertz CT molecular complexity index is 1110. The molecule has 1 fully saturated rings. The molecule has 39 heavy (non-hydrogen) atoms. The minimum absolute atomic E-state index is 0.288. The van der Waals surface area contributed by atoms with Crippen molar-refractivity contribution < 1.29 is 23.7 Å². The van der Waals surface area contributed by atoms with Gasteiger partial charge in [-0.1, -0.05) is 121 Å². The van der Waals surface area contributed by atoms with Gasteiger partial charge in [-0.05, 0) is 22.3 Å². The van der Waals surface area contributed by atoms with Crippen LogP contribution in [0.1, 0.15) is 22.3 Å². The normalized spacial score (nSPS) is 20.7. The Kier molecular flexibility index (Phi) is 10.3. The number of benzene rings is 4. The fraction of sp³-hybridized carbons (Fsp3) is 0.294. The lowest BCUT2D eigenvalue weighted by Gasteiger charge is -2.25. The summed E-state index contributed by atoms with van der Waals surface area (Å²) in [5.74, 6) is 0. The Morgan fingerprint density at radius 3 is 1.05 bits per heavy atom. The molecule has 4 atom stereocenters. The predicted octanol–water partition coefficient (Wildman–Crippen LogP) is 6.36. The van der Waals surface area contributed by atoms with Crippen molar-refractivity contribution in [3.05, 3.63) is 144 Å². The zero-order valence-corrected chi connectivity index (χ0v) is 22.1. The molecule has 5 heteroatoms. The van der Waals surface area contributed by atoms with Gasteiger partial charge in [-0.3, -0.25) is 0 Å². The van der Waals surface area contributed by atoms with E-state index in [-0.39, 0.29) is 24.4 Å². The molecule has 4 aromatic carbocycles. The lowest BCUT2D eigenvalue weighted by atomic mass is 10.1. The summed E-state index contributed by atoms with van der Waals surface area (Å²) in [5.41, 5.74) is 4.45. The summed E-state index contributed by atoms with van der Waals surface area (Å²) in [6.07, 6.45) is -1.20. The van der Waals surface area contributed by atoms with Crippen molar-refractivity contribution >= 4 is 0 Å². The van der Waals surface area contributed by atoms with Gasteiger partial charge >= 0.3 is 0 Å². The molecule has 0 aliphatic carbocycles. The first-order valence-corrected chi connectivity index (χ1v) is 13.5. The summed E-state index contributed by atoms with van der Waals surface area (Å²) in [7, 11) is 0. The topological polar surface area (TPSA) is 46.2 Å². The van der Waals surface area contributed by atoms with E-state index < -0.39 is 0 Å². The molecule has 0 spiro atoms. The van der Waals surface area contributed by atoms with Crippen molar-refractivity contribution in [2.45, 2.75) is 50.8 Å². The first-order valence-electron chi connectivity index (χ1n) is 13.5. The molecular formula is C34H36O5. The molecule has 0 bridgehead atoms. The highest BCUT2D eigenvalue weighted by Crippen LogP contribution is 2.30. The van der Waals surface area contributed by atoms with E-state index in [9.17, 15) is 0 Å². The lowest BCUT2D eigenvalue weighted by Crippen LogP contribution is -2.40. The Labute approximate surface area is 231 Å². The SMILES string of the molecule is c1ccc(COCC2O[C@@H](COCc3ccccc3)[C@H](OCc3ccccc3)[C@H]2OCc2ccccc2)cc1. The Hall–Kier alpha value is -3.32. The van der Waals surface area contributed by atoms with E-state index in [0.29, 0.717) is 39.6 Å². The Morgan fingerprint density at radius 2 is 0.718 bits per heavy atom. The van der Waals surface area contributed by atoms with E-state index in [2.05, 4.69) is 48.5 Å². The molecule has 1 unspecified atom stereocenters. The van der Waals surface area contributed by atoms with Gasteiger partial charge in [-0.25, -0.2) is 0 Å². The van der Waals surface area contributed by atoms with Crippen LogP contribution in [0.2, 0.25) is 0 Å². The maximum atomic E-state index is 6.54. The van der Waals surface area contributed by atoms with Gasteiger partial charge in [0.15, 0.2) is 0 Å². The first kappa shape index (κ1) is 27.3. The van der Waals surface area contributed by atoms with Gasteiger partial charge in [0.2, 0.25) is 0 Å². The van der Waals surface area contributed by atoms with Gasteiger partial charge < -0.3 is 23.7 Å². The molecule has 5 nitrogen and oxygen atoms in total. The third-order valence-electron chi connectivity index (χ3n) is 6.76. The van der Waals surface area contributed by atoms with Crippen LogP contribution in [0.15, 0.2) is 121 Å². The van der Waals surface area contributed by atoms with Crippen molar-refractivity contribution in [1.82, 2.24) is 0 Å². The fourth-order valence-corrected chi connectivity index (χ4v) is 4.74. The molecule has 0 saturated carbocycles. The van der Waals surface area contributed by atoms with Gasteiger partial charge in [-0.2, -0.15) is 0 Å². The van der Waals surface area contributed by atoms with Crippen LogP contribution in [0.5, 0.6) is 0 Å². The number of hydrogen-bond donors (Lipinski definition) is 0. The van der Waals surface area contributed by atoms with Crippen molar-refractivity contribution in [1.29, 1.82) is 0 Å². The molecule has 5 rings (SSSR count). The highest BCUT2D eigenvalue weighted by molar-refractivity contribution is 5.16. The summed E-state index contributed by atoms with van der Waals surface area (Å²) >= 11 is 0. The quantitative estimate of drug-likeness (QED) is 0.192. The second kappa shape index (κ2) is 14.7. The zero-order valence-electron chi connectivity index (χ0n) is 22.1. The first-order chi connectivity index (χ1) is 19.3. The van der Waals surface area contributed by atoms with E-state index in [1.54, 1.807) is 0 Å². The van der Waals surface area contributed by atoms with Crippen LogP contribution in [0.25, 0.3) is 0 Å². The van der Waals surface area contributed by atoms with Crippen LogP contribution in [-0.2, 0) is 50.1 Å². The molecule has 0 amide bonds. The van der Waals surface area contributed by atoms with Gasteiger partial charge in [0.25, 0.3) is 0 Å². The maximum absolute atomic E-state index is 6.54. The van der Waals surface area contributed by atoms with Crippen molar-refractivity contribution in [2.75, 3.05) is 13.2 Å². The largest absolute Gasteiger partial charge is 0.374 e. The molecule has 1 aliphatic rings.